The van der Waals surface area contributed by atoms with Gasteiger partial charge in [-0.05, 0) is 24.6 Å². The number of methoxy groups -OCH3 is 1. The number of carbonyl (C=O) groups is 1. The van der Waals surface area contributed by atoms with Crippen LogP contribution in [0.2, 0.25) is 0 Å². The number of esters is 1. The van der Waals surface area contributed by atoms with Crippen LogP contribution in [0, 0.1) is 6.92 Å². The highest BCUT2D eigenvalue weighted by molar-refractivity contribution is 5.91. The van der Waals surface area contributed by atoms with Crippen LogP contribution in [0.5, 0.6) is 0 Å². The van der Waals surface area contributed by atoms with Crippen molar-refractivity contribution in [3.8, 4) is 11.4 Å². The SMILES string of the molecule is COC(=O)c1cc(-n2cnnc2)c(C)c(-n2cnnc2)c1. The average Bonchev–Trinajstić information content (AvgIpc) is 3.19. The van der Waals surface area contributed by atoms with Gasteiger partial charge in [-0.25, -0.2) is 4.79 Å². The maximum atomic E-state index is 11.9. The number of benzene rings is 1. The van der Waals surface area contributed by atoms with Crippen molar-refractivity contribution < 1.29 is 9.53 Å². The third kappa shape index (κ3) is 2.27. The van der Waals surface area contributed by atoms with E-state index < -0.39 is 5.97 Å². The minimum Gasteiger partial charge on any atom is -0.465 e. The molecule has 0 saturated heterocycles. The number of nitrogens with zero attached hydrogens (tertiary/aromatic N) is 6. The van der Waals surface area contributed by atoms with Crippen molar-refractivity contribution in [2.24, 2.45) is 0 Å². The molecule has 1 aromatic carbocycles. The molecule has 0 N–H and O–H groups in total. The average molecular weight is 284 g/mol. The highest BCUT2D eigenvalue weighted by Crippen LogP contribution is 2.24. The van der Waals surface area contributed by atoms with Gasteiger partial charge < -0.3 is 4.74 Å². The van der Waals surface area contributed by atoms with Crippen LogP contribution in [0.3, 0.4) is 0 Å². The van der Waals surface area contributed by atoms with Crippen LogP contribution in [-0.4, -0.2) is 42.6 Å². The second kappa shape index (κ2) is 5.16. The van der Waals surface area contributed by atoms with E-state index in [1.807, 2.05) is 6.92 Å². The molecule has 0 atom stereocenters. The summed E-state index contributed by atoms with van der Waals surface area (Å²) in [6.45, 7) is 1.94. The number of rotatable bonds is 3. The Morgan fingerprint density at radius 1 is 0.952 bits per heavy atom. The molecule has 0 amide bonds. The lowest BCUT2D eigenvalue weighted by atomic mass is 10.1. The number of hydrogen-bond donors (Lipinski definition) is 0. The summed E-state index contributed by atoms with van der Waals surface area (Å²) in [6.07, 6.45) is 6.28. The van der Waals surface area contributed by atoms with E-state index in [4.69, 9.17) is 4.74 Å². The Balaban J connectivity index is 2.25. The van der Waals surface area contributed by atoms with E-state index >= 15 is 0 Å². The van der Waals surface area contributed by atoms with E-state index in [-0.39, 0.29) is 0 Å². The molecule has 106 valence electrons. The molecule has 0 aliphatic rings. The summed E-state index contributed by atoms with van der Waals surface area (Å²) in [5.41, 5.74) is 2.93. The number of hydrogen-bond acceptors (Lipinski definition) is 6. The molecule has 8 nitrogen and oxygen atoms in total. The molecule has 0 bridgehead atoms. The first kappa shape index (κ1) is 13.0. The maximum Gasteiger partial charge on any atom is 0.337 e. The monoisotopic (exact) mass is 284 g/mol. The first-order valence-electron chi connectivity index (χ1n) is 6.13. The van der Waals surface area contributed by atoms with Crippen LogP contribution >= 0.6 is 0 Å². The fourth-order valence-corrected chi connectivity index (χ4v) is 2.11. The summed E-state index contributed by atoms with van der Waals surface area (Å²) >= 11 is 0. The third-order valence-corrected chi connectivity index (χ3v) is 3.17. The smallest absolute Gasteiger partial charge is 0.337 e. The van der Waals surface area contributed by atoms with E-state index in [9.17, 15) is 4.79 Å². The Morgan fingerprint density at radius 2 is 1.38 bits per heavy atom. The number of carbonyl (C=O) groups excluding carboxylic acids is 1. The van der Waals surface area contributed by atoms with Crippen LogP contribution in [-0.2, 0) is 4.74 Å². The van der Waals surface area contributed by atoms with Gasteiger partial charge in [0.1, 0.15) is 25.3 Å². The molecule has 0 radical (unpaired) electrons. The molecule has 21 heavy (non-hydrogen) atoms. The van der Waals surface area contributed by atoms with Gasteiger partial charge >= 0.3 is 5.97 Å². The normalized spacial score (nSPS) is 10.6. The number of ether oxygens (including phenoxy) is 1. The second-order valence-electron chi connectivity index (χ2n) is 4.37. The summed E-state index contributed by atoms with van der Waals surface area (Å²) in [5, 5.41) is 15.2. The Bertz CT molecular complexity index is 709. The molecule has 3 rings (SSSR count). The topological polar surface area (TPSA) is 87.7 Å². The van der Waals surface area contributed by atoms with E-state index in [0.29, 0.717) is 5.56 Å². The van der Waals surface area contributed by atoms with E-state index in [2.05, 4.69) is 20.4 Å². The third-order valence-electron chi connectivity index (χ3n) is 3.17. The lowest BCUT2D eigenvalue weighted by molar-refractivity contribution is 0.0600. The van der Waals surface area contributed by atoms with Crippen LogP contribution in [0.15, 0.2) is 37.4 Å². The molecular formula is C13H12N6O2. The van der Waals surface area contributed by atoms with Gasteiger partial charge in [-0.15, -0.1) is 20.4 Å². The minimum atomic E-state index is -0.418. The lowest BCUT2D eigenvalue weighted by Gasteiger charge is -2.14. The zero-order valence-electron chi connectivity index (χ0n) is 11.5. The lowest BCUT2D eigenvalue weighted by Crippen LogP contribution is -2.08. The van der Waals surface area contributed by atoms with E-state index in [1.54, 1.807) is 46.6 Å². The van der Waals surface area contributed by atoms with Crippen molar-refractivity contribution >= 4 is 5.97 Å². The molecule has 0 aliphatic heterocycles. The first-order valence-corrected chi connectivity index (χ1v) is 6.13. The van der Waals surface area contributed by atoms with Crippen molar-refractivity contribution in [1.82, 2.24) is 29.5 Å². The number of aromatic nitrogens is 6. The van der Waals surface area contributed by atoms with Crippen molar-refractivity contribution in [3.63, 3.8) is 0 Å². The van der Waals surface area contributed by atoms with Gasteiger partial charge in [0.25, 0.3) is 0 Å². The molecule has 2 aromatic heterocycles. The van der Waals surface area contributed by atoms with Gasteiger partial charge in [-0.1, -0.05) is 0 Å². The van der Waals surface area contributed by atoms with Crippen LogP contribution < -0.4 is 0 Å². The van der Waals surface area contributed by atoms with Gasteiger partial charge in [0.2, 0.25) is 0 Å². The molecule has 0 saturated carbocycles. The maximum absolute atomic E-state index is 11.9. The zero-order valence-corrected chi connectivity index (χ0v) is 11.5. The Kier molecular flexibility index (Phi) is 3.19. The molecule has 0 fully saturated rings. The van der Waals surface area contributed by atoms with Crippen LogP contribution in [0.25, 0.3) is 11.4 Å². The van der Waals surface area contributed by atoms with Gasteiger partial charge in [0, 0.05) is 0 Å². The second-order valence-corrected chi connectivity index (χ2v) is 4.37. The molecule has 8 heteroatoms. The van der Waals surface area contributed by atoms with Crippen molar-refractivity contribution in [1.29, 1.82) is 0 Å². The molecule has 0 aliphatic carbocycles. The van der Waals surface area contributed by atoms with E-state index in [0.717, 1.165) is 16.9 Å². The molecule has 0 spiro atoms. The summed E-state index contributed by atoms with van der Waals surface area (Å²) in [7, 11) is 1.35. The van der Waals surface area contributed by atoms with Crippen LogP contribution in [0.4, 0.5) is 0 Å². The Hall–Kier alpha value is -3.03. The molecule has 3 aromatic rings. The molecular weight excluding hydrogens is 272 g/mol. The largest absolute Gasteiger partial charge is 0.465 e. The first-order chi connectivity index (χ1) is 10.2. The van der Waals surface area contributed by atoms with Crippen molar-refractivity contribution in [2.45, 2.75) is 6.92 Å². The quantitative estimate of drug-likeness (QED) is 0.665. The summed E-state index contributed by atoms with van der Waals surface area (Å²) in [5.74, 6) is -0.418. The van der Waals surface area contributed by atoms with Gasteiger partial charge in [-0.2, -0.15) is 0 Å². The van der Waals surface area contributed by atoms with Crippen LogP contribution in [0.1, 0.15) is 15.9 Å². The highest BCUT2D eigenvalue weighted by Gasteiger charge is 2.15. The van der Waals surface area contributed by atoms with Gasteiger partial charge in [-0.3, -0.25) is 9.13 Å². The standard InChI is InChI=1S/C13H12N6O2/c1-9-11(18-5-14-15-6-18)3-10(13(20)21-2)4-12(9)19-7-16-17-8-19/h3-8H,1-2H3. The molecule has 2 heterocycles. The highest BCUT2D eigenvalue weighted by atomic mass is 16.5. The summed E-state index contributed by atoms with van der Waals surface area (Å²) < 4.78 is 8.26. The Morgan fingerprint density at radius 3 is 1.76 bits per heavy atom. The predicted molar refractivity (Wildman–Crippen MR) is 72.4 cm³/mol. The fraction of sp³-hybridized carbons (Fsp3) is 0.154. The van der Waals surface area contributed by atoms with E-state index in [1.165, 1.54) is 7.11 Å². The fourth-order valence-electron chi connectivity index (χ4n) is 2.11. The van der Waals surface area contributed by atoms with Crippen molar-refractivity contribution in [3.05, 3.63) is 48.6 Å². The van der Waals surface area contributed by atoms with Crippen molar-refractivity contribution in [2.75, 3.05) is 7.11 Å². The minimum absolute atomic E-state index is 0.418. The summed E-state index contributed by atoms with van der Waals surface area (Å²) in [6, 6.07) is 3.47. The predicted octanol–water partition coefficient (Wildman–Crippen LogP) is 0.943. The van der Waals surface area contributed by atoms with Gasteiger partial charge in [0.15, 0.2) is 0 Å². The van der Waals surface area contributed by atoms with Gasteiger partial charge in [0.05, 0.1) is 24.0 Å². The zero-order chi connectivity index (χ0) is 14.8. The Labute approximate surface area is 120 Å². The molecule has 0 unspecified atom stereocenters. The summed E-state index contributed by atoms with van der Waals surface area (Å²) in [4.78, 5) is 11.9.